The fourth-order valence-corrected chi connectivity index (χ4v) is 2.74. The van der Waals surface area contributed by atoms with E-state index in [1.807, 2.05) is 24.3 Å². The maximum Gasteiger partial charge on any atom is 0.251 e. The molecule has 0 amide bonds. The van der Waals surface area contributed by atoms with Crippen LogP contribution in [0.1, 0.15) is 16.2 Å². The van der Waals surface area contributed by atoms with Gasteiger partial charge in [-0.15, -0.1) is 0 Å². The Morgan fingerprint density at radius 3 is 2.90 bits per heavy atom. The summed E-state index contributed by atoms with van der Waals surface area (Å²) >= 11 is 1.19. The van der Waals surface area contributed by atoms with Gasteiger partial charge in [0.25, 0.3) is 5.56 Å². The molecule has 0 saturated carbocycles. The van der Waals surface area contributed by atoms with Gasteiger partial charge in [-0.2, -0.15) is 0 Å². The summed E-state index contributed by atoms with van der Waals surface area (Å²) in [7, 11) is 0. The number of benzene rings is 1. The van der Waals surface area contributed by atoms with Crippen LogP contribution in [-0.2, 0) is 0 Å². The molecule has 0 aliphatic rings. The van der Waals surface area contributed by atoms with Crippen molar-refractivity contribution in [3.05, 3.63) is 58.2 Å². The molecule has 0 spiro atoms. The Hall–Kier alpha value is -2.34. The van der Waals surface area contributed by atoms with Gasteiger partial charge in [-0.25, -0.2) is 4.98 Å². The molecule has 0 radical (unpaired) electrons. The number of fused-ring (bicyclic) bond motifs is 1. The first-order valence-electron chi connectivity index (χ1n) is 6.34. The average molecular weight is 300 g/mol. The van der Waals surface area contributed by atoms with Gasteiger partial charge in [0.2, 0.25) is 5.78 Å². The topological polar surface area (TPSA) is 76.0 Å². The normalized spacial score (nSPS) is 10.9. The molecular formula is C15H12N2O3S. The highest BCUT2D eigenvalue weighted by atomic mass is 32.2. The highest BCUT2D eigenvalue weighted by molar-refractivity contribution is 7.99. The number of rotatable bonds is 4. The number of furan rings is 1. The van der Waals surface area contributed by atoms with Crippen LogP contribution >= 0.6 is 11.8 Å². The third kappa shape index (κ3) is 3.05. The Morgan fingerprint density at radius 1 is 1.33 bits per heavy atom. The largest absolute Gasteiger partial charge is 0.453 e. The average Bonchev–Trinajstić information content (AvgIpc) is 2.87. The van der Waals surface area contributed by atoms with Crippen LogP contribution in [0.4, 0.5) is 0 Å². The summed E-state index contributed by atoms with van der Waals surface area (Å²) in [5.41, 5.74) is 1.09. The van der Waals surface area contributed by atoms with Crippen LogP contribution in [0.15, 0.2) is 50.8 Å². The lowest BCUT2D eigenvalue weighted by molar-refractivity contribution is 0.0994. The van der Waals surface area contributed by atoms with E-state index in [1.54, 1.807) is 13.0 Å². The van der Waals surface area contributed by atoms with Crippen LogP contribution in [0.5, 0.6) is 0 Å². The first-order chi connectivity index (χ1) is 10.1. The third-order valence-corrected chi connectivity index (χ3v) is 3.76. The highest BCUT2D eigenvalue weighted by Gasteiger charge is 2.13. The van der Waals surface area contributed by atoms with Crippen molar-refractivity contribution in [3.63, 3.8) is 0 Å². The molecule has 0 atom stereocenters. The quantitative estimate of drug-likeness (QED) is 0.455. The first kappa shape index (κ1) is 13.6. The van der Waals surface area contributed by atoms with Crippen LogP contribution in [-0.4, -0.2) is 21.5 Å². The molecule has 0 aliphatic carbocycles. The number of para-hydroxylation sites is 1. The fourth-order valence-electron chi connectivity index (χ4n) is 1.94. The van der Waals surface area contributed by atoms with Gasteiger partial charge in [0.05, 0.1) is 5.75 Å². The zero-order valence-corrected chi connectivity index (χ0v) is 12.1. The Balaban J connectivity index is 1.75. The molecule has 3 rings (SSSR count). The number of H-pyrrole nitrogens is 1. The van der Waals surface area contributed by atoms with Crippen molar-refractivity contribution in [2.75, 3.05) is 5.75 Å². The minimum absolute atomic E-state index is 0.139. The smallest absolute Gasteiger partial charge is 0.251 e. The lowest BCUT2D eigenvalue weighted by Crippen LogP contribution is -2.09. The van der Waals surface area contributed by atoms with Crippen molar-refractivity contribution in [1.29, 1.82) is 0 Å². The molecule has 3 aromatic rings. The van der Waals surface area contributed by atoms with Crippen LogP contribution in [0.3, 0.4) is 0 Å². The third-order valence-electron chi connectivity index (χ3n) is 2.89. The predicted octanol–water partition coefficient (Wildman–Crippen LogP) is 2.80. The Morgan fingerprint density at radius 2 is 2.14 bits per heavy atom. The standard InChI is InChI=1S/C15H12N2O3S/c1-9-6-14(19)17-15(16-9)21-8-11(18)13-7-10-4-2-3-5-12(10)20-13/h2-7H,8H2,1H3,(H,16,17,19). The summed E-state index contributed by atoms with van der Waals surface area (Å²) in [6.45, 7) is 1.74. The molecule has 6 heteroatoms. The number of thioether (sulfide) groups is 1. The molecule has 106 valence electrons. The van der Waals surface area contributed by atoms with Crippen LogP contribution < -0.4 is 5.56 Å². The van der Waals surface area contributed by atoms with E-state index in [0.29, 0.717) is 22.2 Å². The van der Waals surface area contributed by atoms with Crippen molar-refractivity contribution in [2.45, 2.75) is 12.1 Å². The van der Waals surface area contributed by atoms with E-state index in [4.69, 9.17) is 4.42 Å². The molecule has 0 aliphatic heterocycles. The van der Waals surface area contributed by atoms with E-state index in [1.165, 1.54) is 17.8 Å². The van der Waals surface area contributed by atoms with E-state index in [2.05, 4.69) is 9.97 Å². The van der Waals surface area contributed by atoms with Gasteiger partial charge in [0.15, 0.2) is 10.9 Å². The molecule has 1 N–H and O–H groups in total. The van der Waals surface area contributed by atoms with E-state index in [9.17, 15) is 9.59 Å². The number of Topliss-reactive ketones (excluding diaryl/α,β-unsaturated/α-hetero) is 1. The second-order valence-electron chi connectivity index (χ2n) is 4.55. The lowest BCUT2D eigenvalue weighted by atomic mass is 10.2. The maximum atomic E-state index is 12.1. The number of nitrogens with one attached hydrogen (secondary N) is 1. The van der Waals surface area contributed by atoms with Gasteiger partial charge in [-0.05, 0) is 19.1 Å². The number of aromatic amines is 1. The minimum Gasteiger partial charge on any atom is -0.453 e. The van der Waals surface area contributed by atoms with E-state index in [-0.39, 0.29) is 17.1 Å². The number of carbonyl (C=O) groups excluding carboxylic acids is 1. The van der Waals surface area contributed by atoms with Gasteiger partial charge >= 0.3 is 0 Å². The van der Waals surface area contributed by atoms with Crippen LogP contribution in [0, 0.1) is 6.92 Å². The summed E-state index contributed by atoms with van der Waals surface area (Å²) in [4.78, 5) is 30.2. The molecule has 0 unspecified atom stereocenters. The van der Waals surface area contributed by atoms with Crippen LogP contribution in [0.25, 0.3) is 11.0 Å². The number of aromatic nitrogens is 2. The molecule has 0 saturated heterocycles. The van der Waals surface area contributed by atoms with Crippen molar-refractivity contribution < 1.29 is 9.21 Å². The number of aryl methyl sites for hydroxylation is 1. The summed E-state index contributed by atoms with van der Waals surface area (Å²) in [5, 5.41) is 1.33. The van der Waals surface area contributed by atoms with Crippen molar-refractivity contribution in [2.24, 2.45) is 0 Å². The molecule has 2 aromatic heterocycles. The van der Waals surface area contributed by atoms with Gasteiger partial charge in [-0.3, -0.25) is 9.59 Å². The molecule has 0 bridgehead atoms. The second kappa shape index (κ2) is 5.57. The number of hydrogen-bond acceptors (Lipinski definition) is 5. The zero-order valence-electron chi connectivity index (χ0n) is 11.3. The highest BCUT2D eigenvalue weighted by Crippen LogP contribution is 2.21. The van der Waals surface area contributed by atoms with Crippen molar-refractivity contribution >= 4 is 28.5 Å². The maximum absolute atomic E-state index is 12.1. The summed E-state index contributed by atoms with van der Waals surface area (Å²) in [5.74, 6) is 0.339. The molecule has 0 fully saturated rings. The summed E-state index contributed by atoms with van der Waals surface area (Å²) in [6, 6.07) is 10.6. The number of ketones is 1. The molecule has 5 nitrogen and oxygen atoms in total. The number of hydrogen-bond donors (Lipinski definition) is 1. The lowest BCUT2D eigenvalue weighted by Gasteiger charge is -1.99. The second-order valence-corrected chi connectivity index (χ2v) is 5.52. The van der Waals surface area contributed by atoms with E-state index < -0.39 is 0 Å². The minimum atomic E-state index is -0.221. The summed E-state index contributed by atoms with van der Waals surface area (Å²) < 4.78 is 5.51. The van der Waals surface area contributed by atoms with Gasteiger partial charge < -0.3 is 9.40 Å². The zero-order chi connectivity index (χ0) is 14.8. The summed E-state index contributed by atoms with van der Waals surface area (Å²) in [6.07, 6.45) is 0. The predicted molar refractivity (Wildman–Crippen MR) is 80.9 cm³/mol. The molecule has 2 heterocycles. The number of nitrogens with zero attached hydrogens (tertiary/aromatic N) is 1. The van der Waals surface area contributed by atoms with E-state index in [0.717, 1.165) is 5.39 Å². The Labute approximate surface area is 124 Å². The van der Waals surface area contributed by atoms with E-state index >= 15 is 0 Å². The number of carbonyl (C=O) groups is 1. The van der Waals surface area contributed by atoms with Crippen molar-refractivity contribution in [3.8, 4) is 0 Å². The molecule has 1 aromatic carbocycles. The van der Waals surface area contributed by atoms with Crippen LogP contribution in [0.2, 0.25) is 0 Å². The Bertz CT molecular complexity index is 833. The van der Waals surface area contributed by atoms with Crippen molar-refractivity contribution in [1.82, 2.24) is 9.97 Å². The molecule has 21 heavy (non-hydrogen) atoms. The van der Waals surface area contributed by atoms with Gasteiger partial charge in [0, 0.05) is 17.1 Å². The van der Waals surface area contributed by atoms with Gasteiger partial charge in [-0.1, -0.05) is 30.0 Å². The Kier molecular flexibility index (Phi) is 3.62. The molecular weight excluding hydrogens is 288 g/mol. The first-order valence-corrected chi connectivity index (χ1v) is 7.33. The monoisotopic (exact) mass is 300 g/mol. The van der Waals surface area contributed by atoms with Gasteiger partial charge in [0.1, 0.15) is 5.58 Å². The fraction of sp³-hybridized carbons (Fsp3) is 0.133. The SMILES string of the molecule is Cc1cc(=O)[nH]c(SCC(=O)c2cc3ccccc3o2)n1.